The quantitative estimate of drug-likeness (QED) is 0.501. The van der Waals surface area contributed by atoms with Gasteiger partial charge < -0.3 is 10.5 Å². The molecule has 0 aromatic carbocycles. The molecule has 0 spiro atoms. The molecule has 10 heavy (non-hydrogen) atoms. The van der Waals surface area contributed by atoms with Crippen molar-refractivity contribution in [1.29, 1.82) is 0 Å². The van der Waals surface area contributed by atoms with Crippen LogP contribution < -0.4 is 11.5 Å². The van der Waals surface area contributed by atoms with E-state index >= 15 is 0 Å². The van der Waals surface area contributed by atoms with Crippen LogP contribution in [-0.4, -0.2) is 12.1 Å². The summed E-state index contributed by atoms with van der Waals surface area (Å²) >= 11 is 0. The Labute approximate surface area is 58.1 Å². The molecule has 0 aromatic rings. The Morgan fingerprint density at radius 3 is 2.80 bits per heavy atom. The van der Waals surface area contributed by atoms with Crippen LogP contribution in [0, 0.1) is 0 Å². The minimum absolute atomic E-state index is 0.294. The van der Waals surface area contributed by atoms with Gasteiger partial charge in [-0.3, -0.25) is 10.5 Å². The van der Waals surface area contributed by atoms with Crippen molar-refractivity contribution in [1.82, 2.24) is 0 Å². The molecule has 1 aliphatic rings. The van der Waals surface area contributed by atoms with Crippen molar-refractivity contribution >= 4 is 5.91 Å². The fraction of sp³-hybridized carbons (Fsp3) is 0.167. The summed E-state index contributed by atoms with van der Waals surface area (Å²) in [5, 5.41) is 0. The molecule has 0 bridgehead atoms. The van der Waals surface area contributed by atoms with Crippen molar-refractivity contribution in [3.05, 3.63) is 24.0 Å². The SMILES string of the molecule is NC(=O)C1=CC=COC1N. The third-order valence-corrected chi connectivity index (χ3v) is 1.17. The number of carbonyl (C=O) groups excluding carboxylic acids is 1. The van der Waals surface area contributed by atoms with Crippen LogP contribution in [0.1, 0.15) is 0 Å². The maximum absolute atomic E-state index is 10.5. The maximum Gasteiger partial charge on any atom is 0.249 e. The van der Waals surface area contributed by atoms with Gasteiger partial charge in [-0.2, -0.15) is 0 Å². The number of nitrogens with two attached hydrogens (primary N) is 2. The van der Waals surface area contributed by atoms with Crippen molar-refractivity contribution in [3.8, 4) is 0 Å². The van der Waals surface area contributed by atoms with Crippen molar-refractivity contribution < 1.29 is 9.53 Å². The number of amides is 1. The third-order valence-electron chi connectivity index (χ3n) is 1.17. The van der Waals surface area contributed by atoms with E-state index in [2.05, 4.69) is 0 Å². The molecular formula is C6H8N2O2. The predicted molar refractivity (Wildman–Crippen MR) is 35.5 cm³/mol. The molecule has 1 rings (SSSR count). The molecule has 54 valence electrons. The minimum Gasteiger partial charge on any atom is -0.479 e. The number of ether oxygens (including phenoxy) is 1. The van der Waals surface area contributed by atoms with Gasteiger partial charge >= 0.3 is 0 Å². The lowest BCUT2D eigenvalue weighted by Crippen LogP contribution is -2.33. The van der Waals surface area contributed by atoms with Gasteiger partial charge in [0, 0.05) is 0 Å². The molecule has 1 amide bonds. The number of hydrogen-bond acceptors (Lipinski definition) is 3. The second-order valence-electron chi connectivity index (χ2n) is 1.87. The zero-order valence-electron chi connectivity index (χ0n) is 5.28. The van der Waals surface area contributed by atoms with E-state index < -0.39 is 12.1 Å². The molecule has 0 aliphatic carbocycles. The van der Waals surface area contributed by atoms with Crippen molar-refractivity contribution in [2.45, 2.75) is 6.23 Å². The van der Waals surface area contributed by atoms with Gasteiger partial charge in [0.05, 0.1) is 11.8 Å². The standard InChI is InChI=1S/C6H8N2O2/c7-5(9)4-2-1-3-10-6(4)8/h1-3,6H,8H2,(H2,7,9). The second-order valence-corrected chi connectivity index (χ2v) is 1.87. The Hall–Kier alpha value is -1.29. The molecule has 1 atom stereocenters. The molecule has 1 unspecified atom stereocenters. The Balaban J connectivity index is 2.80. The van der Waals surface area contributed by atoms with Crippen molar-refractivity contribution in [2.24, 2.45) is 11.5 Å². The average molecular weight is 140 g/mol. The van der Waals surface area contributed by atoms with E-state index in [1.54, 1.807) is 6.08 Å². The fourth-order valence-electron chi connectivity index (χ4n) is 0.663. The van der Waals surface area contributed by atoms with Gasteiger partial charge in [0.2, 0.25) is 5.91 Å². The largest absolute Gasteiger partial charge is 0.479 e. The molecule has 0 radical (unpaired) electrons. The van der Waals surface area contributed by atoms with E-state index in [0.29, 0.717) is 5.57 Å². The van der Waals surface area contributed by atoms with Crippen LogP contribution in [0.3, 0.4) is 0 Å². The molecule has 4 nitrogen and oxygen atoms in total. The molecule has 0 fully saturated rings. The van der Waals surface area contributed by atoms with Gasteiger partial charge in [-0.1, -0.05) is 0 Å². The zero-order chi connectivity index (χ0) is 7.56. The summed E-state index contributed by atoms with van der Waals surface area (Å²) < 4.78 is 4.78. The molecule has 0 saturated carbocycles. The third kappa shape index (κ3) is 1.16. The minimum atomic E-state index is -0.706. The smallest absolute Gasteiger partial charge is 0.249 e. The lowest BCUT2D eigenvalue weighted by molar-refractivity contribution is -0.115. The van der Waals surface area contributed by atoms with Crippen LogP contribution in [-0.2, 0) is 9.53 Å². The van der Waals surface area contributed by atoms with E-state index in [4.69, 9.17) is 16.2 Å². The summed E-state index contributed by atoms with van der Waals surface area (Å²) in [5.74, 6) is -0.545. The first kappa shape index (κ1) is 6.82. The first-order valence-corrected chi connectivity index (χ1v) is 2.79. The van der Waals surface area contributed by atoms with Crippen LogP contribution in [0.15, 0.2) is 24.0 Å². The molecule has 1 aliphatic heterocycles. The lowest BCUT2D eigenvalue weighted by atomic mass is 10.2. The second kappa shape index (κ2) is 2.53. The number of carbonyl (C=O) groups is 1. The highest BCUT2D eigenvalue weighted by atomic mass is 16.5. The lowest BCUT2D eigenvalue weighted by Gasteiger charge is -2.14. The van der Waals surface area contributed by atoms with Gasteiger partial charge in [0.15, 0.2) is 6.23 Å². The van der Waals surface area contributed by atoms with Crippen LogP contribution in [0.4, 0.5) is 0 Å². The molecule has 4 N–H and O–H groups in total. The van der Waals surface area contributed by atoms with E-state index in [1.807, 2.05) is 0 Å². The molecule has 4 heteroatoms. The van der Waals surface area contributed by atoms with Crippen molar-refractivity contribution in [3.63, 3.8) is 0 Å². The Morgan fingerprint density at radius 2 is 2.40 bits per heavy atom. The van der Waals surface area contributed by atoms with Crippen LogP contribution in [0.2, 0.25) is 0 Å². The summed E-state index contributed by atoms with van der Waals surface area (Å²) in [6.45, 7) is 0. The van der Waals surface area contributed by atoms with Crippen molar-refractivity contribution in [2.75, 3.05) is 0 Å². The fourth-order valence-corrected chi connectivity index (χ4v) is 0.663. The predicted octanol–water partition coefficient (Wildman–Crippen LogP) is -0.773. The summed E-state index contributed by atoms with van der Waals surface area (Å²) in [7, 11) is 0. The first-order chi connectivity index (χ1) is 4.72. The molecule has 0 aromatic heterocycles. The number of hydrogen-bond donors (Lipinski definition) is 2. The summed E-state index contributed by atoms with van der Waals surface area (Å²) in [6, 6.07) is 0. The Morgan fingerprint density at radius 1 is 1.70 bits per heavy atom. The van der Waals surface area contributed by atoms with E-state index in [0.717, 1.165) is 0 Å². The van der Waals surface area contributed by atoms with Crippen LogP contribution in [0.5, 0.6) is 0 Å². The molecule has 1 heterocycles. The van der Waals surface area contributed by atoms with Gasteiger partial charge in [-0.05, 0) is 12.2 Å². The zero-order valence-corrected chi connectivity index (χ0v) is 5.28. The average Bonchev–Trinajstić information content (AvgIpc) is 1.88. The Bertz CT molecular complexity index is 208. The Kier molecular flexibility index (Phi) is 1.73. The maximum atomic E-state index is 10.5. The van der Waals surface area contributed by atoms with Gasteiger partial charge in [0.25, 0.3) is 0 Å². The summed E-state index contributed by atoms with van der Waals surface area (Å²) in [4.78, 5) is 10.5. The van der Waals surface area contributed by atoms with E-state index in [-0.39, 0.29) is 0 Å². The monoisotopic (exact) mass is 140 g/mol. The summed E-state index contributed by atoms with van der Waals surface area (Å²) in [6.07, 6.45) is 3.82. The van der Waals surface area contributed by atoms with Gasteiger partial charge in [-0.25, -0.2) is 0 Å². The highest BCUT2D eigenvalue weighted by Gasteiger charge is 2.15. The molecular weight excluding hydrogens is 132 g/mol. The first-order valence-electron chi connectivity index (χ1n) is 2.79. The highest BCUT2D eigenvalue weighted by molar-refractivity contribution is 5.93. The highest BCUT2D eigenvalue weighted by Crippen LogP contribution is 2.06. The topological polar surface area (TPSA) is 78.3 Å². The van der Waals surface area contributed by atoms with Gasteiger partial charge in [0.1, 0.15) is 0 Å². The van der Waals surface area contributed by atoms with Crippen LogP contribution >= 0.6 is 0 Å². The number of rotatable bonds is 1. The van der Waals surface area contributed by atoms with E-state index in [1.165, 1.54) is 12.3 Å². The summed E-state index contributed by atoms with van der Waals surface area (Å²) in [5.41, 5.74) is 10.6. The number of allylic oxidation sites excluding steroid dienone is 2. The van der Waals surface area contributed by atoms with Crippen LogP contribution in [0.25, 0.3) is 0 Å². The molecule has 0 saturated heterocycles. The van der Waals surface area contributed by atoms with E-state index in [9.17, 15) is 4.79 Å². The van der Waals surface area contributed by atoms with Gasteiger partial charge in [-0.15, -0.1) is 0 Å². The normalized spacial score (nSPS) is 23.3. The number of primary amides is 1.